The maximum absolute atomic E-state index is 11.5. The van der Waals surface area contributed by atoms with Gasteiger partial charge in [-0.2, -0.15) is 0 Å². The lowest BCUT2D eigenvalue weighted by Gasteiger charge is -2.48. The number of carboxylic acid groups (broad SMARTS) is 1. The quantitative estimate of drug-likeness (QED) is 0.645. The molecule has 2 atom stereocenters. The van der Waals surface area contributed by atoms with E-state index in [2.05, 4.69) is 0 Å². The molecule has 2 aliphatic heterocycles. The highest BCUT2D eigenvalue weighted by Gasteiger charge is 2.50. The number of aliphatic carboxylic acids is 1. The molecule has 0 aromatic heterocycles. The summed E-state index contributed by atoms with van der Waals surface area (Å²) in [5.74, 6) is -0.943. The second-order valence-corrected chi connectivity index (χ2v) is 4.72. The summed E-state index contributed by atoms with van der Waals surface area (Å²) in [7, 11) is 0. The first-order valence-corrected chi connectivity index (χ1v) is 5.63. The number of rotatable bonds is 2. The van der Waals surface area contributed by atoms with E-state index in [1.807, 2.05) is 0 Å². The molecule has 0 bridgehead atoms. The number of aliphatic hydroxyl groups excluding tert-OH is 1. The molecular formula is C9H11NO4S. The Hall–Kier alpha value is -1.01. The van der Waals surface area contributed by atoms with E-state index in [-0.39, 0.29) is 29.5 Å². The molecule has 1 amide bonds. The van der Waals surface area contributed by atoms with Gasteiger partial charge in [-0.25, -0.2) is 4.79 Å². The van der Waals surface area contributed by atoms with E-state index in [1.54, 1.807) is 6.92 Å². The number of amides is 1. The lowest BCUT2D eigenvalue weighted by Crippen LogP contribution is -2.60. The summed E-state index contributed by atoms with van der Waals surface area (Å²) in [6, 6.07) is 0. The summed E-state index contributed by atoms with van der Waals surface area (Å²) in [4.78, 5) is 23.8. The number of fused-ring (bicyclic) bond motifs is 1. The molecule has 1 fully saturated rings. The normalized spacial score (nSPS) is 30.0. The van der Waals surface area contributed by atoms with Crippen molar-refractivity contribution in [3.8, 4) is 0 Å². The number of hydrogen-bond donors (Lipinski definition) is 2. The molecule has 5 nitrogen and oxygen atoms in total. The minimum absolute atomic E-state index is 0.0237. The Morgan fingerprint density at radius 3 is 2.87 bits per heavy atom. The minimum atomic E-state index is -1.13. The van der Waals surface area contributed by atoms with Gasteiger partial charge in [0.1, 0.15) is 5.70 Å². The van der Waals surface area contributed by atoms with Crippen LogP contribution in [-0.4, -0.2) is 44.7 Å². The molecule has 2 unspecified atom stereocenters. The Balaban J connectivity index is 2.38. The molecule has 0 aromatic carbocycles. The van der Waals surface area contributed by atoms with E-state index < -0.39 is 5.97 Å². The molecule has 6 heteroatoms. The van der Waals surface area contributed by atoms with E-state index >= 15 is 0 Å². The summed E-state index contributed by atoms with van der Waals surface area (Å²) in [6.07, 6.45) is 0. The molecule has 0 aromatic rings. The molecule has 2 aliphatic rings. The summed E-state index contributed by atoms with van der Waals surface area (Å²) < 4.78 is 0. The molecule has 0 saturated carbocycles. The van der Waals surface area contributed by atoms with Crippen LogP contribution in [0.25, 0.3) is 0 Å². The van der Waals surface area contributed by atoms with Gasteiger partial charge in [0.25, 0.3) is 0 Å². The van der Waals surface area contributed by atoms with Crippen LogP contribution >= 0.6 is 11.8 Å². The van der Waals surface area contributed by atoms with Crippen LogP contribution in [0.15, 0.2) is 11.3 Å². The second-order valence-electron chi connectivity index (χ2n) is 3.61. The van der Waals surface area contributed by atoms with Crippen molar-refractivity contribution in [3.05, 3.63) is 11.3 Å². The van der Waals surface area contributed by atoms with Gasteiger partial charge in [0.15, 0.2) is 0 Å². The van der Waals surface area contributed by atoms with Crippen LogP contribution in [0.5, 0.6) is 0 Å². The molecular weight excluding hydrogens is 218 g/mol. The first kappa shape index (κ1) is 10.5. The number of nitrogens with zero attached hydrogens (tertiary/aromatic N) is 1. The molecule has 0 spiro atoms. The first-order chi connectivity index (χ1) is 7.07. The molecule has 0 radical (unpaired) electrons. The highest BCUT2D eigenvalue weighted by molar-refractivity contribution is 8.00. The smallest absolute Gasteiger partial charge is 0.352 e. The summed E-state index contributed by atoms with van der Waals surface area (Å²) in [6.45, 7) is 1.49. The zero-order valence-electron chi connectivity index (χ0n) is 8.14. The van der Waals surface area contributed by atoms with E-state index in [1.165, 1.54) is 16.7 Å². The van der Waals surface area contributed by atoms with Gasteiger partial charge in [-0.3, -0.25) is 9.69 Å². The van der Waals surface area contributed by atoms with Gasteiger partial charge in [-0.15, -0.1) is 11.8 Å². The van der Waals surface area contributed by atoms with Gasteiger partial charge >= 0.3 is 5.97 Å². The highest BCUT2D eigenvalue weighted by atomic mass is 32.2. The molecule has 0 aliphatic carbocycles. The maximum atomic E-state index is 11.5. The first-order valence-electron chi connectivity index (χ1n) is 4.58. The van der Waals surface area contributed by atoms with Crippen LogP contribution in [0.4, 0.5) is 0 Å². The van der Waals surface area contributed by atoms with Crippen LogP contribution in [0.3, 0.4) is 0 Å². The number of β-lactam (4-membered cyclic amide) rings is 1. The minimum Gasteiger partial charge on any atom is -0.477 e. The van der Waals surface area contributed by atoms with Crippen LogP contribution in [0, 0.1) is 5.92 Å². The number of hydrogen-bond acceptors (Lipinski definition) is 4. The van der Waals surface area contributed by atoms with Gasteiger partial charge in [-0.1, -0.05) is 6.92 Å². The second kappa shape index (κ2) is 3.53. The number of carbonyl (C=O) groups excluding carboxylic acids is 1. The highest BCUT2D eigenvalue weighted by Crippen LogP contribution is 2.43. The average Bonchev–Trinajstić information content (AvgIpc) is 2.25. The number of aliphatic hydroxyl groups is 1. The van der Waals surface area contributed by atoms with Crippen LogP contribution in [-0.2, 0) is 9.59 Å². The van der Waals surface area contributed by atoms with E-state index in [0.717, 1.165) is 0 Å². The molecule has 1 saturated heterocycles. The van der Waals surface area contributed by atoms with Gasteiger partial charge in [0, 0.05) is 5.75 Å². The standard InChI is InChI=1S/C9H11NO4S/c1-4-7(12)10-6(9(13)14)5(2-11)3-15-8(4)10/h4,8,11H,2-3H2,1H3,(H,13,14). The Labute approximate surface area is 90.8 Å². The summed E-state index contributed by atoms with van der Waals surface area (Å²) in [5, 5.41) is 17.9. The van der Waals surface area contributed by atoms with E-state index in [0.29, 0.717) is 11.3 Å². The third-order valence-electron chi connectivity index (χ3n) is 2.71. The van der Waals surface area contributed by atoms with Gasteiger partial charge in [0.2, 0.25) is 5.91 Å². The SMILES string of the molecule is CC1C(=O)N2C(C(=O)O)=C(CO)CSC12. The van der Waals surface area contributed by atoms with E-state index in [9.17, 15) is 9.59 Å². The Morgan fingerprint density at radius 2 is 2.33 bits per heavy atom. The number of thioether (sulfide) groups is 1. The van der Waals surface area contributed by atoms with Gasteiger partial charge in [-0.05, 0) is 5.57 Å². The molecule has 15 heavy (non-hydrogen) atoms. The van der Waals surface area contributed by atoms with Crippen molar-refractivity contribution >= 4 is 23.6 Å². The number of carbonyl (C=O) groups is 2. The Morgan fingerprint density at radius 1 is 1.67 bits per heavy atom. The number of carboxylic acids is 1. The fourth-order valence-corrected chi connectivity index (χ4v) is 3.23. The van der Waals surface area contributed by atoms with Crippen molar-refractivity contribution in [1.82, 2.24) is 4.90 Å². The van der Waals surface area contributed by atoms with E-state index in [4.69, 9.17) is 10.2 Å². The molecule has 2 N–H and O–H groups in total. The van der Waals surface area contributed by atoms with Crippen molar-refractivity contribution in [2.45, 2.75) is 12.3 Å². The van der Waals surface area contributed by atoms with Crippen LogP contribution in [0.2, 0.25) is 0 Å². The molecule has 2 heterocycles. The fourth-order valence-electron chi connectivity index (χ4n) is 1.86. The molecule has 2 rings (SSSR count). The molecule has 82 valence electrons. The zero-order chi connectivity index (χ0) is 11.2. The predicted molar refractivity (Wildman–Crippen MR) is 54.0 cm³/mol. The maximum Gasteiger partial charge on any atom is 0.352 e. The topological polar surface area (TPSA) is 77.8 Å². The van der Waals surface area contributed by atoms with Crippen molar-refractivity contribution < 1.29 is 19.8 Å². The van der Waals surface area contributed by atoms with Crippen LogP contribution < -0.4 is 0 Å². The third kappa shape index (κ3) is 1.36. The summed E-state index contributed by atoms with van der Waals surface area (Å²) >= 11 is 1.50. The van der Waals surface area contributed by atoms with Crippen LogP contribution in [0.1, 0.15) is 6.92 Å². The Bertz CT molecular complexity index is 365. The van der Waals surface area contributed by atoms with Crippen molar-refractivity contribution in [2.24, 2.45) is 5.92 Å². The monoisotopic (exact) mass is 229 g/mol. The lowest BCUT2D eigenvalue weighted by molar-refractivity contribution is -0.151. The van der Waals surface area contributed by atoms with Crippen molar-refractivity contribution in [3.63, 3.8) is 0 Å². The lowest BCUT2D eigenvalue weighted by atomic mass is 9.98. The summed E-state index contributed by atoms with van der Waals surface area (Å²) in [5.41, 5.74) is 0.397. The largest absolute Gasteiger partial charge is 0.477 e. The zero-order valence-corrected chi connectivity index (χ0v) is 8.95. The van der Waals surface area contributed by atoms with Gasteiger partial charge in [0.05, 0.1) is 17.9 Å². The van der Waals surface area contributed by atoms with Gasteiger partial charge < -0.3 is 10.2 Å². The Kier molecular flexibility index (Phi) is 2.47. The van der Waals surface area contributed by atoms with Crippen molar-refractivity contribution in [1.29, 1.82) is 0 Å². The fraction of sp³-hybridized carbons (Fsp3) is 0.556. The third-order valence-corrected chi connectivity index (χ3v) is 4.18. The average molecular weight is 229 g/mol. The predicted octanol–water partition coefficient (Wildman–Crippen LogP) is -0.131. The van der Waals surface area contributed by atoms with Crippen molar-refractivity contribution in [2.75, 3.05) is 12.4 Å².